The van der Waals surface area contributed by atoms with Gasteiger partial charge in [-0.15, -0.1) is 0 Å². The third-order valence-electron chi connectivity index (χ3n) is 2.67. The van der Waals surface area contributed by atoms with E-state index in [2.05, 4.69) is 18.8 Å². The van der Waals surface area contributed by atoms with E-state index in [9.17, 15) is 4.79 Å². The lowest BCUT2D eigenvalue weighted by atomic mass is 10.0. The lowest BCUT2D eigenvalue weighted by molar-refractivity contribution is 0.102. The predicted octanol–water partition coefficient (Wildman–Crippen LogP) is 3.81. The van der Waals surface area contributed by atoms with Gasteiger partial charge in [-0.2, -0.15) is 11.8 Å². The van der Waals surface area contributed by atoms with Crippen LogP contribution in [0.2, 0.25) is 0 Å². The molecule has 0 aliphatic carbocycles. The Kier molecular flexibility index (Phi) is 4.37. The molecule has 3 heteroatoms. The molecule has 0 amide bonds. The van der Waals surface area contributed by atoms with Gasteiger partial charge in [-0.25, -0.2) is 0 Å². The first kappa shape index (κ1) is 13.1. The fraction of sp³-hybridized carbons (Fsp3) is 0.333. The highest BCUT2D eigenvalue weighted by molar-refractivity contribution is 7.99. The fourth-order valence-corrected chi connectivity index (χ4v) is 2.76. The molecule has 0 aliphatic rings. The Bertz CT molecular complexity index is 546. The van der Waals surface area contributed by atoms with Crippen LogP contribution in [0.1, 0.15) is 24.2 Å². The van der Waals surface area contributed by atoms with E-state index >= 15 is 0 Å². The molecule has 0 fully saturated rings. The predicted molar refractivity (Wildman–Crippen MR) is 78.2 cm³/mol. The Labute approximate surface area is 112 Å². The normalized spacial score (nSPS) is 11.1. The van der Waals surface area contributed by atoms with Gasteiger partial charge in [0.25, 0.3) is 0 Å². The third-order valence-corrected chi connectivity index (χ3v) is 4.03. The number of Topliss-reactive ketones (excluding diaryl/α,β-unsaturated/α-hetero) is 1. The van der Waals surface area contributed by atoms with E-state index in [1.807, 2.05) is 24.3 Å². The number of thioether (sulfide) groups is 1. The number of rotatable bonds is 5. The Morgan fingerprint density at radius 3 is 2.94 bits per heavy atom. The lowest BCUT2D eigenvalue weighted by Crippen LogP contribution is -2.05. The van der Waals surface area contributed by atoms with Crippen molar-refractivity contribution >= 4 is 28.3 Å². The van der Waals surface area contributed by atoms with Crippen LogP contribution in [-0.2, 0) is 0 Å². The van der Waals surface area contributed by atoms with Crippen LogP contribution in [-0.4, -0.2) is 22.3 Å². The van der Waals surface area contributed by atoms with E-state index in [0.29, 0.717) is 11.7 Å². The first-order chi connectivity index (χ1) is 8.68. The summed E-state index contributed by atoms with van der Waals surface area (Å²) < 4.78 is 0. The lowest BCUT2D eigenvalue weighted by Gasteiger charge is -2.06. The first-order valence-corrected chi connectivity index (χ1v) is 7.27. The van der Waals surface area contributed by atoms with Gasteiger partial charge in [0.1, 0.15) is 0 Å². The Hall–Kier alpha value is -1.35. The minimum atomic E-state index is 0.206. The van der Waals surface area contributed by atoms with Gasteiger partial charge in [-0.05, 0) is 23.1 Å². The van der Waals surface area contributed by atoms with Gasteiger partial charge in [0.15, 0.2) is 5.78 Å². The number of nitrogens with zero attached hydrogens (tertiary/aromatic N) is 1. The molecule has 2 nitrogen and oxygen atoms in total. The van der Waals surface area contributed by atoms with Gasteiger partial charge in [-0.3, -0.25) is 9.78 Å². The van der Waals surface area contributed by atoms with Crippen LogP contribution >= 0.6 is 11.8 Å². The molecule has 0 spiro atoms. The van der Waals surface area contributed by atoms with Crippen molar-refractivity contribution in [2.45, 2.75) is 13.8 Å². The summed E-state index contributed by atoms with van der Waals surface area (Å²) in [4.78, 5) is 16.3. The molecule has 0 unspecified atom stereocenters. The van der Waals surface area contributed by atoms with E-state index in [-0.39, 0.29) is 5.78 Å². The highest BCUT2D eigenvalue weighted by Gasteiger charge is 2.10. The summed E-state index contributed by atoms with van der Waals surface area (Å²) in [5.74, 6) is 2.41. The average molecular weight is 259 g/mol. The van der Waals surface area contributed by atoms with Gasteiger partial charge >= 0.3 is 0 Å². The van der Waals surface area contributed by atoms with Gasteiger partial charge in [0, 0.05) is 23.3 Å². The highest BCUT2D eigenvalue weighted by atomic mass is 32.2. The van der Waals surface area contributed by atoms with E-state index in [1.54, 1.807) is 24.2 Å². The number of carbonyl (C=O) groups excluding carboxylic acids is 1. The summed E-state index contributed by atoms with van der Waals surface area (Å²) in [6, 6.07) is 7.72. The van der Waals surface area contributed by atoms with Crippen LogP contribution in [0, 0.1) is 5.92 Å². The van der Waals surface area contributed by atoms with Crippen LogP contribution in [0.25, 0.3) is 10.8 Å². The van der Waals surface area contributed by atoms with Gasteiger partial charge < -0.3 is 0 Å². The quantitative estimate of drug-likeness (QED) is 0.765. The zero-order valence-electron chi connectivity index (χ0n) is 10.7. The topological polar surface area (TPSA) is 30.0 Å². The maximum absolute atomic E-state index is 12.2. The van der Waals surface area contributed by atoms with E-state index in [4.69, 9.17) is 0 Å². The highest BCUT2D eigenvalue weighted by Crippen LogP contribution is 2.19. The van der Waals surface area contributed by atoms with Crippen molar-refractivity contribution in [2.75, 3.05) is 11.5 Å². The molecule has 0 atom stereocenters. The van der Waals surface area contributed by atoms with Crippen molar-refractivity contribution < 1.29 is 4.79 Å². The smallest absolute Gasteiger partial charge is 0.173 e. The molecule has 0 aliphatic heterocycles. The molecule has 0 bridgehead atoms. The second-order valence-corrected chi connectivity index (χ2v) is 5.76. The SMILES string of the molecule is CC(C)CSCC(=O)c1cccc2cnccc12. The average Bonchev–Trinajstić information content (AvgIpc) is 2.37. The maximum atomic E-state index is 12.2. The summed E-state index contributed by atoms with van der Waals surface area (Å²) >= 11 is 1.71. The summed E-state index contributed by atoms with van der Waals surface area (Å²) in [7, 11) is 0. The molecule has 0 saturated carbocycles. The van der Waals surface area contributed by atoms with Crippen molar-refractivity contribution in [1.82, 2.24) is 4.98 Å². The summed E-state index contributed by atoms with van der Waals surface area (Å²) in [5.41, 5.74) is 0.811. The second-order valence-electron chi connectivity index (χ2n) is 4.73. The summed E-state index contributed by atoms with van der Waals surface area (Å²) in [6.07, 6.45) is 3.54. The number of hydrogen-bond donors (Lipinski definition) is 0. The number of pyridine rings is 1. The number of aromatic nitrogens is 1. The van der Waals surface area contributed by atoms with Crippen LogP contribution in [0.15, 0.2) is 36.7 Å². The van der Waals surface area contributed by atoms with Crippen LogP contribution in [0.4, 0.5) is 0 Å². The Balaban J connectivity index is 2.17. The number of benzene rings is 1. The summed E-state index contributed by atoms with van der Waals surface area (Å²) in [5, 5.41) is 2.03. The summed E-state index contributed by atoms with van der Waals surface area (Å²) in [6.45, 7) is 4.34. The van der Waals surface area contributed by atoms with E-state index in [0.717, 1.165) is 22.1 Å². The molecule has 0 radical (unpaired) electrons. The van der Waals surface area contributed by atoms with Gasteiger partial charge in [0.2, 0.25) is 0 Å². The molecule has 1 aromatic heterocycles. The van der Waals surface area contributed by atoms with Crippen LogP contribution in [0.3, 0.4) is 0 Å². The standard InChI is InChI=1S/C15H17NOS/c1-11(2)9-18-10-15(17)14-5-3-4-12-8-16-7-6-13(12)14/h3-8,11H,9-10H2,1-2H3. The van der Waals surface area contributed by atoms with E-state index < -0.39 is 0 Å². The number of carbonyl (C=O) groups is 1. The molecular formula is C15H17NOS. The molecule has 2 aromatic rings. The number of ketones is 1. The van der Waals surface area contributed by atoms with Crippen molar-refractivity contribution in [3.05, 3.63) is 42.2 Å². The van der Waals surface area contributed by atoms with Gasteiger partial charge in [-0.1, -0.05) is 32.0 Å². The molecule has 1 heterocycles. The van der Waals surface area contributed by atoms with Crippen molar-refractivity contribution in [1.29, 1.82) is 0 Å². The zero-order valence-corrected chi connectivity index (χ0v) is 11.5. The van der Waals surface area contributed by atoms with Gasteiger partial charge in [0.05, 0.1) is 5.75 Å². The largest absolute Gasteiger partial charge is 0.293 e. The Morgan fingerprint density at radius 1 is 1.33 bits per heavy atom. The number of hydrogen-bond acceptors (Lipinski definition) is 3. The molecule has 0 saturated heterocycles. The van der Waals surface area contributed by atoms with Crippen LogP contribution < -0.4 is 0 Å². The minimum Gasteiger partial charge on any atom is -0.293 e. The maximum Gasteiger partial charge on any atom is 0.173 e. The van der Waals surface area contributed by atoms with E-state index in [1.165, 1.54) is 0 Å². The van der Waals surface area contributed by atoms with Crippen molar-refractivity contribution in [2.24, 2.45) is 5.92 Å². The molecule has 2 rings (SSSR count). The zero-order chi connectivity index (χ0) is 13.0. The molecule has 18 heavy (non-hydrogen) atoms. The molecule has 94 valence electrons. The molecular weight excluding hydrogens is 242 g/mol. The first-order valence-electron chi connectivity index (χ1n) is 6.12. The fourth-order valence-electron chi connectivity index (χ4n) is 1.83. The number of fused-ring (bicyclic) bond motifs is 1. The third kappa shape index (κ3) is 3.10. The van der Waals surface area contributed by atoms with Crippen LogP contribution in [0.5, 0.6) is 0 Å². The minimum absolute atomic E-state index is 0.206. The molecule has 0 N–H and O–H groups in total. The Morgan fingerprint density at radius 2 is 2.17 bits per heavy atom. The monoisotopic (exact) mass is 259 g/mol. The molecule has 1 aromatic carbocycles. The van der Waals surface area contributed by atoms with Crippen molar-refractivity contribution in [3.8, 4) is 0 Å². The van der Waals surface area contributed by atoms with Crippen molar-refractivity contribution in [3.63, 3.8) is 0 Å². The second kappa shape index (κ2) is 6.01.